The van der Waals surface area contributed by atoms with E-state index in [-0.39, 0.29) is 29.7 Å². The third kappa shape index (κ3) is 3.50. The van der Waals surface area contributed by atoms with Crippen molar-refractivity contribution in [2.24, 2.45) is 21.7 Å². The second-order valence-electron chi connectivity index (χ2n) is 16.3. The van der Waals surface area contributed by atoms with Gasteiger partial charge in [0, 0.05) is 21.8 Å². The number of benzene rings is 1. The van der Waals surface area contributed by atoms with E-state index in [1.54, 1.807) is 46.8 Å². The Labute approximate surface area is 272 Å². The zero-order chi connectivity index (χ0) is 34.5. The smallest absolute Gasteiger partial charge is 0.351 e. The van der Waals surface area contributed by atoms with Crippen LogP contribution in [0, 0.1) is 35.5 Å². The van der Waals surface area contributed by atoms with Crippen LogP contribution in [0.3, 0.4) is 0 Å². The van der Waals surface area contributed by atoms with Crippen LogP contribution in [0.15, 0.2) is 21.3 Å². The molecule has 11 heteroatoms. The molecule has 3 aliphatic heterocycles. The number of carbonyl (C=O) groups is 4. The second kappa shape index (κ2) is 8.96. The van der Waals surface area contributed by atoms with Gasteiger partial charge < -0.3 is 28.1 Å². The van der Waals surface area contributed by atoms with E-state index in [4.69, 9.17) is 28.1 Å². The van der Waals surface area contributed by atoms with Crippen molar-refractivity contribution in [2.75, 3.05) is 0 Å². The van der Waals surface area contributed by atoms with E-state index in [2.05, 4.69) is 0 Å². The Morgan fingerprint density at radius 2 is 1.21 bits per heavy atom. The molecule has 2 saturated heterocycles. The van der Waals surface area contributed by atoms with Gasteiger partial charge in [0.25, 0.3) is 0 Å². The number of fused-ring (bicyclic) bond motifs is 7. The molecule has 1 aromatic heterocycles. The van der Waals surface area contributed by atoms with Crippen LogP contribution in [0.4, 0.5) is 0 Å². The van der Waals surface area contributed by atoms with Gasteiger partial charge in [-0.2, -0.15) is 0 Å². The maximum atomic E-state index is 14.5. The largest absolute Gasteiger partial charge is 0.483 e. The van der Waals surface area contributed by atoms with Gasteiger partial charge in [0.1, 0.15) is 16.9 Å². The Morgan fingerprint density at radius 3 is 1.68 bits per heavy atom. The second-order valence-corrected chi connectivity index (χ2v) is 16.3. The van der Waals surface area contributed by atoms with Gasteiger partial charge >= 0.3 is 29.5 Å². The summed E-state index contributed by atoms with van der Waals surface area (Å²) in [7, 11) is 0. The van der Waals surface area contributed by atoms with E-state index < -0.39 is 80.2 Å². The zero-order valence-corrected chi connectivity index (χ0v) is 28.6. The van der Waals surface area contributed by atoms with E-state index in [0.717, 1.165) is 5.56 Å². The van der Waals surface area contributed by atoms with Crippen molar-refractivity contribution in [3.05, 3.63) is 39.2 Å². The number of aryl methyl sites for hydroxylation is 2. The minimum Gasteiger partial charge on any atom is -0.483 e. The van der Waals surface area contributed by atoms with Crippen molar-refractivity contribution in [3.63, 3.8) is 0 Å². The predicted octanol–water partition coefficient (Wildman–Crippen LogP) is 5.32. The molecule has 2 aliphatic carbocycles. The van der Waals surface area contributed by atoms with Crippen LogP contribution in [0.25, 0.3) is 11.0 Å². The minimum absolute atomic E-state index is 0.126. The molecule has 2 aromatic rings. The van der Waals surface area contributed by atoms with Crippen LogP contribution in [-0.2, 0) is 38.1 Å². The summed E-state index contributed by atoms with van der Waals surface area (Å²) >= 11 is 0. The van der Waals surface area contributed by atoms with Gasteiger partial charge in [0.05, 0.1) is 16.4 Å². The highest BCUT2D eigenvalue weighted by Gasteiger charge is 2.78. The Bertz CT molecular complexity index is 1880. The van der Waals surface area contributed by atoms with Gasteiger partial charge in [-0.1, -0.05) is 27.7 Å². The Hall–Kier alpha value is -3.89. The number of ether oxygens (including phenoxy) is 5. The molecular formula is C36H42O11. The summed E-state index contributed by atoms with van der Waals surface area (Å²) in [6.07, 6.45) is -1.28. The molecule has 11 nitrogen and oxygen atoms in total. The molecule has 7 rings (SSSR count). The van der Waals surface area contributed by atoms with Gasteiger partial charge in [-0.25, -0.2) is 14.4 Å². The Balaban J connectivity index is 1.38. The fourth-order valence-corrected chi connectivity index (χ4v) is 8.89. The van der Waals surface area contributed by atoms with Crippen molar-refractivity contribution in [2.45, 2.75) is 124 Å². The minimum atomic E-state index is -1.59. The highest BCUT2D eigenvalue weighted by molar-refractivity contribution is 5.95. The van der Waals surface area contributed by atoms with Crippen LogP contribution in [0.5, 0.6) is 5.75 Å². The number of rotatable bonds is 4. The maximum Gasteiger partial charge on any atom is 0.351 e. The zero-order valence-electron chi connectivity index (χ0n) is 28.6. The average molecular weight is 651 g/mol. The van der Waals surface area contributed by atoms with Gasteiger partial charge in [-0.3, -0.25) is 9.59 Å². The number of hydrogen-bond acceptors (Lipinski definition) is 11. The molecular weight excluding hydrogens is 608 g/mol. The van der Waals surface area contributed by atoms with Crippen LogP contribution in [0.1, 0.15) is 104 Å². The third-order valence-corrected chi connectivity index (χ3v) is 13.3. The van der Waals surface area contributed by atoms with Gasteiger partial charge in [0.15, 0.2) is 12.2 Å². The van der Waals surface area contributed by atoms with Crippen molar-refractivity contribution in [3.8, 4) is 5.75 Å². The number of esters is 4. The van der Waals surface area contributed by atoms with Crippen molar-refractivity contribution < 1.29 is 47.3 Å². The lowest BCUT2D eigenvalue weighted by molar-refractivity contribution is -0.217. The molecule has 5 aliphatic rings. The van der Waals surface area contributed by atoms with Crippen molar-refractivity contribution in [1.29, 1.82) is 0 Å². The summed E-state index contributed by atoms with van der Waals surface area (Å²) in [6, 6.07) is 3.46. The Kier molecular flexibility index (Phi) is 6.04. The summed E-state index contributed by atoms with van der Waals surface area (Å²) in [4.78, 5) is 67.9. The topological polar surface area (TPSA) is 145 Å². The fraction of sp³-hybridized carbons (Fsp3) is 0.639. The maximum absolute atomic E-state index is 14.5. The summed E-state index contributed by atoms with van der Waals surface area (Å²) in [5.74, 6) is -2.24. The standard InChI is InChI=1S/C36H42O11/c1-17-16-20-21(22-19(17)15-18(2)25(37)42-22)23(43-28(40)35-13-11-33(9,26(38)46-35)31(35,5)6)24(30(3,4)45-20)44-29(41)36-14-12-34(10,27(39)47-36)32(36,7)8/h15-16,23-24H,11-14H2,1-10H3/t23-,24-,33?,34?,35?,36?/m1/s1. The van der Waals surface area contributed by atoms with Crippen molar-refractivity contribution in [1.82, 2.24) is 0 Å². The Morgan fingerprint density at radius 1 is 0.702 bits per heavy atom. The lowest BCUT2D eigenvalue weighted by Gasteiger charge is -2.46. The van der Waals surface area contributed by atoms with Crippen LogP contribution < -0.4 is 10.4 Å². The molecule has 4 heterocycles. The molecule has 6 atom stereocenters. The van der Waals surface area contributed by atoms with Crippen LogP contribution >= 0.6 is 0 Å². The molecule has 4 unspecified atom stereocenters. The highest BCUT2D eigenvalue weighted by atomic mass is 16.7. The molecule has 0 N–H and O–H groups in total. The van der Waals surface area contributed by atoms with E-state index in [1.807, 2.05) is 34.6 Å². The third-order valence-electron chi connectivity index (χ3n) is 13.3. The molecule has 1 aromatic carbocycles. The van der Waals surface area contributed by atoms with Gasteiger partial charge in [-0.05, 0) is 84.9 Å². The lowest BCUT2D eigenvalue weighted by Crippen LogP contribution is -2.57. The van der Waals surface area contributed by atoms with E-state index >= 15 is 0 Å². The SMILES string of the molecule is Cc1cc2c(C)cc3c(c2oc1=O)[C@@H](OC(=O)C12CCC(C)(C(=O)O1)C2(C)C)[C@@H](OC(=O)C12CCC(C)(C(=O)O1)C2(C)C)C(C)(C)O3. The number of hydrogen-bond donors (Lipinski definition) is 0. The fourth-order valence-electron chi connectivity index (χ4n) is 8.89. The van der Waals surface area contributed by atoms with Crippen molar-refractivity contribution >= 4 is 34.8 Å². The monoisotopic (exact) mass is 650 g/mol. The molecule has 47 heavy (non-hydrogen) atoms. The molecule has 0 radical (unpaired) electrons. The van der Waals surface area contributed by atoms with E-state index in [9.17, 15) is 24.0 Å². The lowest BCUT2D eigenvalue weighted by atomic mass is 9.66. The van der Waals surface area contributed by atoms with E-state index in [1.165, 1.54) is 0 Å². The molecule has 4 fully saturated rings. The predicted molar refractivity (Wildman–Crippen MR) is 165 cm³/mol. The molecule has 0 spiro atoms. The first kappa shape index (κ1) is 31.7. The molecule has 4 bridgehead atoms. The van der Waals surface area contributed by atoms with Crippen LogP contribution in [-0.4, -0.2) is 46.8 Å². The van der Waals surface area contributed by atoms with E-state index in [0.29, 0.717) is 23.8 Å². The first-order valence-electron chi connectivity index (χ1n) is 16.3. The molecule has 252 valence electrons. The molecule has 2 saturated carbocycles. The molecule has 0 amide bonds. The van der Waals surface area contributed by atoms with Gasteiger partial charge in [0.2, 0.25) is 11.2 Å². The number of carbonyl (C=O) groups excluding carboxylic acids is 4. The summed E-state index contributed by atoms with van der Waals surface area (Å²) in [6.45, 7) is 17.7. The first-order chi connectivity index (χ1) is 21.6. The van der Waals surface area contributed by atoms with Gasteiger partial charge in [-0.15, -0.1) is 0 Å². The summed E-state index contributed by atoms with van der Waals surface area (Å²) in [5, 5.41) is 0.588. The van der Waals surface area contributed by atoms with Crippen LogP contribution in [0.2, 0.25) is 0 Å². The normalized spacial score (nSPS) is 36.8. The summed E-state index contributed by atoms with van der Waals surface area (Å²) < 4.78 is 36.7. The first-order valence-corrected chi connectivity index (χ1v) is 16.3. The quantitative estimate of drug-likeness (QED) is 0.241. The summed E-state index contributed by atoms with van der Waals surface area (Å²) in [5.41, 5.74) is -7.19. The average Bonchev–Trinajstić information content (AvgIpc) is 3.43. The highest BCUT2D eigenvalue weighted by Crippen LogP contribution is 2.67.